The second-order valence-electron chi connectivity index (χ2n) is 5.14. The van der Waals surface area contributed by atoms with Crippen LogP contribution in [0.3, 0.4) is 0 Å². The molecule has 2 amide bonds. The summed E-state index contributed by atoms with van der Waals surface area (Å²) in [4.78, 5) is 30.5. The van der Waals surface area contributed by atoms with Gasteiger partial charge in [-0.05, 0) is 34.1 Å². The van der Waals surface area contributed by atoms with Crippen LogP contribution < -0.4 is 4.90 Å². The third kappa shape index (κ3) is 1.67. The zero-order valence-electron chi connectivity index (χ0n) is 11.6. The van der Waals surface area contributed by atoms with E-state index in [1.54, 1.807) is 36.5 Å². The Bertz CT molecular complexity index is 926. The summed E-state index contributed by atoms with van der Waals surface area (Å²) >= 11 is 3.47. The lowest BCUT2D eigenvalue weighted by atomic mass is 10.1. The summed E-state index contributed by atoms with van der Waals surface area (Å²) in [5, 5.41) is 0.858. The normalized spacial score (nSPS) is 14.0. The lowest BCUT2D eigenvalue weighted by Crippen LogP contribution is -2.29. The van der Waals surface area contributed by atoms with Crippen LogP contribution in [-0.4, -0.2) is 21.4 Å². The van der Waals surface area contributed by atoms with Crippen molar-refractivity contribution in [3.8, 4) is 0 Å². The van der Waals surface area contributed by atoms with Gasteiger partial charge in [-0.3, -0.25) is 9.59 Å². The number of aromatic nitrogens is 2. The van der Waals surface area contributed by atoms with E-state index < -0.39 is 0 Å². The maximum absolute atomic E-state index is 12.5. The third-order valence-electron chi connectivity index (χ3n) is 3.80. The van der Waals surface area contributed by atoms with Gasteiger partial charge in [-0.25, -0.2) is 9.88 Å². The van der Waals surface area contributed by atoms with Gasteiger partial charge in [0, 0.05) is 23.1 Å². The molecule has 2 aromatic heterocycles. The first-order chi connectivity index (χ1) is 10.6. The Morgan fingerprint density at radius 1 is 1.09 bits per heavy atom. The Morgan fingerprint density at radius 3 is 2.36 bits per heavy atom. The highest BCUT2D eigenvalue weighted by Gasteiger charge is 2.36. The molecule has 0 atom stereocenters. The van der Waals surface area contributed by atoms with Gasteiger partial charge in [0.1, 0.15) is 5.65 Å². The van der Waals surface area contributed by atoms with Crippen LogP contribution in [0.2, 0.25) is 0 Å². The van der Waals surface area contributed by atoms with E-state index in [0.717, 1.165) is 15.5 Å². The molecule has 0 fully saturated rings. The van der Waals surface area contributed by atoms with Gasteiger partial charge in [-0.2, -0.15) is 0 Å². The molecule has 3 heterocycles. The van der Waals surface area contributed by atoms with Crippen molar-refractivity contribution in [1.29, 1.82) is 0 Å². The minimum atomic E-state index is -0.311. The molecule has 0 saturated heterocycles. The van der Waals surface area contributed by atoms with Crippen molar-refractivity contribution in [2.75, 3.05) is 4.90 Å². The number of carbonyl (C=O) groups is 2. The summed E-state index contributed by atoms with van der Waals surface area (Å²) in [7, 11) is 1.89. The predicted octanol–water partition coefficient (Wildman–Crippen LogP) is 3.14. The second kappa shape index (κ2) is 4.51. The molecule has 5 nitrogen and oxygen atoms in total. The highest BCUT2D eigenvalue weighted by atomic mass is 79.9. The molecule has 0 unspecified atom stereocenters. The maximum atomic E-state index is 12.5. The summed E-state index contributed by atoms with van der Waals surface area (Å²) in [6.07, 6.45) is 3.44. The molecule has 1 aliphatic heterocycles. The quantitative estimate of drug-likeness (QED) is 0.630. The number of fused-ring (bicyclic) bond motifs is 2. The summed E-state index contributed by atoms with van der Waals surface area (Å²) in [5.41, 5.74) is 2.12. The number of pyridine rings is 1. The van der Waals surface area contributed by atoms with E-state index in [1.165, 1.54) is 4.90 Å². The van der Waals surface area contributed by atoms with Crippen molar-refractivity contribution < 1.29 is 9.59 Å². The smallest absolute Gasteiger partial charge is 0.266 e. The maximum Gasteiger partial charge on any atom is 0.266 e. The number of imide groups is 1. The summed E-state index contributed by atoms with van der Waals surface area (Å²) in [5.74, 6) is -0.623. The average Bonchev–Trinajstić information content (AvgIpc) is 2.95. The molecular weight excluding hydrogens is 346 g/mol. The molecule has 3 aromatic rings. The summed E-state index contributed by atoms with van der Waals surface area (Å²) in [6, 6.07) is 8.64. The molecule has 1 aliphatic rings. The monoisotopic (exact) mass is 355 g/mol. The lowest BCUT2D eigenvalue weighted by Gasteiger charge is -2.13. The van der Waals surface area contributed by atoms with Crippen LogP contribution in [0.1, 0.15) is 20.7 Å². The van der Waals surface area contributed by atoms with Crippen LogP contribution in [0.15, 0.2) is 47.2 Å². The Labute approximate surface area is 134 Å². The van der Waals surface area contributed by atoms with Crippen molar-refractivity contribution in [3.05, 3.63) is 58.3 Å². The van der Waals surface area contributed by atoms with Crippen LogP contribution >= 0.6 is 15.9 Å². The molecule has 0 spiro atoms. The van der Waals surface area contributed by atoms with Crippen molar-refractivity contribution >= 4 is 44.5 Å². The summed E-state index contributed by atoms with van der Waals surface area (Å²) < 4.78 is 2.75. The minimum Gasteiger partial charge on any atom is -0.334 e. The van der Waals surface area contributed by atoms with Crippen LogP contribution in [0.25, 0.3) is 11.0 Å². The van der Waals surface area contributed by atoms with Gasteiger partial charge in [0.15, 0.2) is 0 Å². The van der Waals surface area contributed by atoms with Gasteiger partial charge in [-0.15, -0.1) is 0 Å². The fourth-order valence-corrected chi connectivity index (χ4v) is 3.35. The zero-order chi connectivity index (χ0) is 15.4. The number of aryl methyl sites for hydroxylation is 1. The molecule has 22 heavy (non-hydrogen) atoms. The Hall–Kier alpha value is -2.47. The Balaban J connectivity index is 1.88. The number of carbonyl (C=O) groups excluding carboxylic acids is 2. The third-order valence-corrected chi connectivity index (χ3v) is 4.43. The molecule has 0 radical (unpaired) electrons. The van der Waals surface area contributed by atoms with Gasteiger partial charge in [0.2, 0.25) is 0 Å². The largest absolute Gasteiger partial charge is 0.334 e. The van der Waals surface area contributed by atoms with Gasteiger partial charge in [0.05, 0.1) is 23.0 Å². The van der Waals surface area contributed by atoms with Crippen LogP contribution in [-0.2, 0) is 7.05 Å². The van der Waals surface area contributed by atoms with Crippen LogP contribution in [0, 0.1) is 0 Å². The molecular formula is C16H10BrN3O2. The number of benzene rings is 1. The van der Waals surface area contributed by atoms with E-state index in [1.807, 2.05) is 17.8 Å². The Morgan fingerprint density at radius 2 is 1.73 bits per heavy atom. The highest BCUT2D eigenvalue weighted by molar-refractivity contribution is 9.10. The summed E-state index contributed by atoms with van der Waals surface area (Å²) in [6.45, 7) is 0. The molecule has 108 valence electrons. The van der Waals surface area contributed by atoms with E-state index >= 15 is 0 Å². The number of rotatable bonds is 1. The first-order valence-corrected chi connectivity index (χ1v) is 7.45. The van der Waals surface area contributed by atoms with E-state index in [0.29, 0.717) is 16.8 Å². The molecule has 0 aliphatic carbocycles. The minimum absolute atomic E-state index is 0.311. The van der Waals surface area contributed by atoms with Gasteiger partial charge >= 0.3 is 0 Å². The predicted molar refractivity (Wildman–Crippen MR) is 86.0 cm³/mol. The molecule has 1 aromatic carbocycles. The van der Waals surface area contributed by atoms with Crippen molar-refractivity contribution in [2.45, 2.75) is 0 Å². The SMILES string of the molecule is Cn1cc(Br)c2cc(N3C(=O)c4ccccc4C3=O)cnc21. The molecule has 6 heteroatoms. The van der Waals surface area contributed by atoms with E-state index in [9.17, 15) is 9.59 Å². The van der Waals surface area contributed by atoms with E-state index in [-0.39, 0.29) is 11.8 Å². The molecule has 0 saturated carbocycles. The van der Waals surface area contributed by atoms with E-state index in [2.05, 4.69) is 20.9 Å². The Kier molecular flexibility index (Phi) is 2.71. The fraction of sp³-hybridized carbons (Fsp3) is 0.0625. The first-order valence-electron chi connectivity index (χ1n) is 6.66. The standard InChI is InChI=1S/C16H10BrN3O2/c1-19-8-13(17)12-6-9(7-18-14(12)19)20-15(21)10-4-2-3-5-11(10)16(20)22/h2-8H,1H3. The lowest BCUT2D eigenvalue weighted by molar-refractivity contribution is 0.0926. The number of anilines is 1. The van der Waals surface area contributed by atoms with Crippen molar-refractivity contribution in [3.63, 3.8) is 0 Å². The second-order valence-corrected chi connectivity index (χ2v) is 6.00. The molecule has 0 N–H and O–H groups in total. The van der Waals surface area contributed by atoms with Crippen molar-refractivity contribution in [1.82, 2.24) is 9.55 Å². The first kappa shape index (κ1) is 13.2. The topological polar surface area (TPSA) is 55.2 Å². The van der Waals surface area contributed by atoms with Crippen LogP contribution in [0.5, 0.6) is 0 Å². The van der Waals surface area contributed by atoms with E-state index in [4.69, 9.17) is 0 Å². The van der Waals surface area contributed by atoms with Gasteiger partial charge in [-0.1, -0.05) is 12.1 Å². The van der Waals surface area contributed by atoms with Crippen molar-refractivity contribution in [2.24, 2.45) is 7.05 Å². The highest BCUT2D eigenvalue weighted by Crippen LogP contribution is 2.32. The van der Waals surface area contributed by atoms with Crippen LogP contribution in [0.4, 0.5) is 5.69 Å². The number of nitrogens with zero attached hydrogens (tertiary/aromatic N) is 3. The van der Waals surface area contributed by atoms with Gasteiger partial charge < -0.3 is 4.57 Å². The zero-order valence-corrected chi connectivity index (χ0v) is 13.2. The van der Waals surface area contributed by atoms with Gasteiger partial charge in [0.25, 0.3) is 11.8 Å². The number of hydrogen-bond donors (Lipinski definition) is 0. The number of amides is 2. The molecule has 4 rings (SSSR count). The molecule has 0 bridgehead atoms. The fourth-order valence-electron chi connectivity index (χ4n) is 2.75. The number of hydrogen-bond acceptors (Lipinski definition) is 3. The number of halogens is 1. The average molecular weight is 356 g/mol.